The second-order valence-electron chi connectivity index (χ2n) is 4.25. The molecule has 0 bridgehead atoms. The second-order valence-corrected chi connectivity index (χ2v) is 4.25. The molecule has 2 aromatic rings. The van der Waals surface area contributed by atoms with Crippen LogP contribution in [0.15, 0.2) is 18.7 Å². The van der Waals surface area contributed by atoms with Crippen LogP contribution >= 0.6 is 0 Å². The van der Waals surface area contributed by atoms with E-state index in [0.717, 1.165) is 18.4 Å². The Hall–Kier alpha value is -2.22. The fraction of sp³-hybridized carbons (Fsp3) is 0.500. The standard InChI is InChI=1S/C12H18N6O2/c1-20-6-5-14-12(19)13-4-2-3-10-7-15-11-16-9-17-18(11)8-10/h7-9H,2-6H2,1H3,(H2,13,14,19). The smallest absolute Gasteiger partial charge is 0.314 e. The Labute approximate surface area is 116 Å². The van der Waals surface area contributed by atoms with Gasteiger partial charge in [0.25, 0.3) is 5.78 Å². The largest absolute Gasteiger partial charge is 0.383 e. The van der Waals surface area contributed by atoms with E-state index in [1.165, 1.54) is 6.33 Å². The fourth-order valence-corrected chi connectivity index (χ4v) is 1.71. The molecule has 0 unspecified atom stereocenters. The molecule has 0 atom stereocenters. The average molecular weight is 278 g/mol. The number of amides is 2. The Bertz CT molecular complexity index is 556. The summed E-state index contributed by atoms with van der Waals surface area (Å²) in [7, 11) is 1.60. The van der Waals surface area contributed by atoms with Gasteiger partial charge in [0.05, 0.1) is 6.61 Å². The molecule has 0 aliphatic heterocycles. The lowest BCUT2D eigenvalue weighted by atomic mass is 10.2. The molecule has 0 fully saturated rings. The summed E-state index contributed by atoms with van der Waals surface area (Å²) in [6.45, 7) is 1.63. The molecular formula is C12H18N6O2. The SMILES string of the molecule is COCCNC(=O)NCCCc1cnc2ncnn2c1. The van der Waals surface area contributed by atoms with Crippen LogP contribution in [0.5, 0.6) is 0 Å². The summed E-state index contributed by atoms with van der Waals surface area (Å²) in [4.78, 5) is 19.5. The number of carbonyl (C=O) groups excluding carboxylic acids is 1. The van der Waals surface area contributed by atoms with Crippen molar-refractivity contribution in [2.24, 2.45) is 0 Å². The van der Waals surface area contributed by atoms with Crippen LogP contribution in [0.2, 0.25) is 0 Å². The highest BCUT2D eigenvalue weighted by atomic mass is 16.5. The van der Waals surface area contributed by atoms with Crippen LogP contribution in [-0.2, 0) is 11.2 Å². The number of fused-ring (bicyclic) bond motifs is 1. The van der Waals surface area contributed by atoms with Gasteiger partial charge in [-0.25, -0.2) is 14.3 Å². The van der Waals surface area contributed by atoms with Gasteiger partial charge in [0, 0.05) is 32.6 Å². The summed E-state index contributed by atoms with van der Waals surface area (Å²) in [5.41, 5.74) is 1.06. The van der Waals surface area contributed by atoms with Gasteiger partial charge in [-0.05, 0) is 18.4 Å². The molecule has 0 radical (unpaired) electrons. The lowest BCUT2D eigenvalue weighted by molar-refractivity contribution is 0.196. The quantitative estimate of drug-likeness (QED) is 0.695. The monoisotopic (exact) mass is 278 g/mol. The number of hydrogen-bond donors (Lipinski definition) is 2. The maximum absolute atomic E-state index is 11.4. The molecule has 2 amide bonds. The van der Waals surface area contributed by atoms with Crippen LogP contribution in [0.4, 0.5) is 4.79 Å². The Kier molecular flexibility index (Phi) is 5.24. The van der Waals surface area contributed by atoms with Crippen LogP contribution in [0, 0.1) is 0 Å². The van der Waals surface area contributed by atoms with Gasteiger partial charge in [0.15, 0.2) is 0 Å². The van der Waals surface area contributed by atoms with Crippen LogP contribution in [0.25, 0.3) is 5.78 Å². The molecule has 0 aliphatic carbocycles. The number of hydrogen-bond acceptors (Lipinski definition) is 5. The molecule has 0 aliphatic rings. The van der Waals surface area contributed by atoms with Crippen molar-refractivity contribution in [3.63, 3.8) is 0 Å². The molecule has 2 aromatic heterocycles. The van der Waals surface area contributed by atoms with Crippen molar-refractivity contribution in [1.29, 1.82) is 0 Å². The number of nitrogens with zero attached hydrogens (tertiary/aromatic N) is 4. The van der Waals surface area contributed by atoms with E-state index in [0.29, 0.717) is 25.5 Å². The summed E-state index contributed by atoms with van der Waals surface area (Å²) in [6, 6.07) is -0.174. The van der Waals surface area contributed by atoms with Gasteiger partial charge in [-0.15, -0.1) is 0 Å². The van der Waals surface area contributed by atoms with E-state index < -0.39 is 0 Å². The van der Waals surface area contributed by atoms with Gasteiger partial charge in [-0.1, -0.05) is 0 Å². The minimum Gasteiger partial charge on any atom is -0.383 e. The molecule has 2 rings (SSSR count). The van der Waals surface area contributed by atoms with E-state index in [2.05, 4.69) is 25.7 Å². The molecular weight excluding hydrogens is 260 g/mol. The zero-order valence-corrected chi connectivity index (χ0v) is 11.4. The van der Waals surface area contributed by atoms with Crippen LogP contribution in [0.1, 0.15) is 12.0 Å². The Morgan fingerprint density at radius 2 is 2.20 bits per heavy atom. The van der Waals surface area contributed by atoms with Crippen LogP contribution in [0.3, 0.4) is 0 Å². The van der Waals surface area contributed by atoms with E-state index in [1.54, 1.807) is 17.8 Å². The number of methoxy groups -OCH3 is 1. The first-order valence-electron chi connectivity index (χ1n) is 6.44. The van der Waals surface area contributed by atoms with E-state index in [9.17, 15) is 4.79 Å². The van der Waals surface area contributed by atoms with Crippen molar-refractivity contribution in [1.82, 2.24) is 30.2 Å². The third-order valence-electron chi connectivity index (χ3n) is 2.71. The minimum atomic E-state index is -0.174. The van der Waals surface area contributed by atoms with E-state index in [4.69, 9.17) is 4.74 Å². The fourth-order valence-electron chi connectivity index (χ4n) is 1.71. The first-order chi connectivity index (χ1) is 9.79. The van der Waals surface area contributed by atoms with E-state index >= 15 is 0 Å². The molecule has 8 heteroatoms. The van der Waals surface area contributed by atoms with Gasteiger partial charge in [-0.2, -0.15) is 10.1 Å². The highest BCUT2D eigenvalue weighted by molar-refractivity contribution is 5.73. The van der Waals surface area contributed by atoms with Gasteiger partial charge in [0.1, 0.15) is 6.33 Å². The Balaban J connectivity index is 1.66. The van der Waals surface area contributed by atoms with Gasteiger partial charge >= 0.3 is 6.03 Å². The third kappa shape index (κ3) is 4.16. The predicted octanol–water partition coefficient (Wildman–Crippen LogP) is 0.00250. The number of ether oxygens (including phenoxy) is 1. The van der Waals surface area contributed by atoms with Crippen molar-refractivity contribution in [3.05, 3.63) is 24.3 Å². The Morgan fingerprint density at radius 3 is 3.05 bits per heavy atom. The Morgan fingerprint density at radius 1 is 1.35 bits per heavy atom. The van der Waals surface area contributed by atoms with E-state index in [1.807, 2.05) is 6.20 Å². The lowest BCUT2D eigenvalue weighted by Crippen LogP contribution is -2.37. The molecule has 0 saturated carbocycles. The van der Waals surface area contributed by atoms with Gasteiger partial charge < -0.3 is 15.4 Å². The second kappa shape index (κ2) is 7.39. The molecule has 0 spiro atoms. The number of aryl methyl sites for hydroxylation is 1. The summed E-state index contributed by atoms with van der Waals surface area (Å²) < 4.78 is 6.48. The number of rotatable bonds is 7. The zero-order valence-electron chi connectivity index (χ0n) is 11.4. The van der Waals surface area contributed by atoms with Crippen molar-refractivity contribution in [2.75, 3.05) is 26.8 Å². The zero-order chi connectivity index (χ0) is 14.2. The van der Waals surface area contributed by atoms with Gasteiger partial charge in [-0.3, -0.25) is 0 Å². The highest BCUT2D eigenvalue weighted by Gasteiger charge is 2.01. The number of nitrogens with one attached hydrogen (secondary N) is 2. The first-order valence-corrected chi connectivity index (χ1v) is 6.44. The van der Waals surface area contributed by atoms with Crippen molar-refractivity contribution < 1.29 is 9.53 Å². The maximum atomic E-state index is 11.4. The highest BCUT2D eigenvalue weighted by Crippen LogP contribution is 2.02. The van der Waals surface area contributed by atoms with Crippen molar-refractivity contribution in [3.8, 4) is 0 Å². The van der Waals surface area contributed by atoms with Crippen LogP contribution in [-0.4, -0.2) is 52.4 Å². The molecule has 2 heterocycles. The number of urea groups is 1. The average Bonchev–Trinajstić information content (AvgIpc) is 2.91. The number of aromatic nitrogens is 4. The molecule has 8 nitrogen and oxygen atoms in total. The summed E-state index contributed by atoms with van der Waals surface area (Å²) in [5, 5.41) is 9.51. The van der Waals surface area contributed by atoms with Crippen LogP contribution < -0.4 is 10.6 Å². The summed E-state index contributed by atoms with van der Waals surface area (Å²) in [5.74, 6) is 0.587. The summed E-state index contributed by atoms with van der Waals surface area (Å²) in [6.07, 6.45) is 6.80. The normalized spacial score (nSPS) is 10.7. The lowest BCUT2D eigenvalue weighted by Gasteiger charge is -2.07. The molecule has 2 N–H and O–H groups in total. The molecule has 108 valence electrons. The summed E-state index contributed by atoms with van der Waals surface area (Å²) >= 11 is 0. The number of carbonyl (C=O) groups is 1. The first kappa shape index (κ1) is 14.2. The molecule has 0 saturated heterocycles. The third-order valence-corrected chi connectivity index (χ3v) is 2.71. The molecule has 20 heavy (non-hydrogen) atoms. The minimum absolute atomic E-state index is 0.174. The maximum Gasteiger partial charge on any atom is 0.314 e. The van der Waals surface area contributed by atoms with Crippen molar-refractivity contribution >= 4 is 11.8 Å². The van der Waals surface area contributed by atoms with Gasteiger partial charge in [0.2, 0.25) is 0 Å². The topological polar surface area (TPSA) is 93.4 Å². The predicted molar refractivity (Wildman–Crippen MR) is 72.4 cm³/mol. The van der Waals surface area contributed by atoms with E-state index in [-0.39, 0.29) is 6.03 Å². The molecule has 0 aromatic carbocycles. The van der Waals surface area contributed by atoms with Crippen molar-refractivity contribution in [2.45, 2.75) is 12.8 Å².